The van der Waals surface area contributed by atoms with Gasteiger partial charge < -0.3 is 20.2 Å². The topological polar surface area (TPSA) is 104 Å². The van der Waals surface area contributed by atoms with Gasteiger partial charge in [-0.15, -0.1) is 0 Å². The molecule has 1 saturated carbocycles. The van der Waals surface area contributed by atoms with E-state index in [4.69, 9.17) is 4.42 Å². The Balaban J connectivity index is 1.39. The van der Waals surface area contributed by atoms with E-state index in [1.807, 2.05) is 18.2 Å². The first-order valence-electron chi connectivity index (χ1n) is 12.5. The molecule has 3 N–H and O–H groups in total. The summed E-state index contributed by atoms with van der Waals surface area (Å²) in [7, 11) is 1.52. The van der Waals surface area contributed by atoms with Gasteiger partial charge in [0.15, 0.2) is 0 Å². The van der Waals surface area contributed by atoms with Gasteiger partial charge in [0.1, 0.15) is 22.9 Å². The molecule has 3 aromatic carbocycles. The number of hydrogen-bond acceptors (Lipinski definition) is 5. The third-order valence-corrected chi connectivity index (χ3v) is 7.08. The molecule has 0 bridgehead atoms. The second-order valence-electron chi connectivity index (χ2n) is 9.59. The van der Waals surface area contributed by atoms with Crippen LogP contribution in [0.25, 0.3) is 33.4 Å². The summed E-state index contributed by atoms with van der Waals surface area (Å²) in [6.45, 7) is 0. The Morgan fingerprint density at radius 1 is 0.949 bits per heavy atom. The van der Waals surface area contributed by atoms with Crippen LogP contribution < -0.4 is 10.6 Å². The first kappa shape index (κ1) is 24.4. The normalized spacial score (nSPS) is 13.7. The molecular weight excluding hydrogens is 497 g/mol. The highest BCUT2D eigenvalue weighted by molar-refractivity contribution is 6.12. The van der Waals surface area contributed by atoms with Gasteiger partial charge in [-0.3, -0.25) is 14.6 Å². The van der Waals surface area contributed by atoms with Crippen molar-refractivity contribution in [1.82, 2.24) is 15.6 Å². The van der Waals surface area contributed by atoms with E-state index < -0.39 is 11.4 Å². The lowest BCUT2D eigenvalue weighted by atomic mass is 9.98. The number of aromatic nitrogens is 1. The van der Waals surface area contributed by atoms with Crippen molar-refractivity contribution in [1.29, 1.82) is 0 Å². The SMILES string of the molecule is CNC(=O)c1c(-c2ccc(F)cc2)oc2ccc(-c3cc(C(=O)NC4(c5ccccn5)CC4)ccc3O)cc12. The van der Waals surface area contributed by atoms with Gasteiger partial charge in [0.2, 0.25) is 0 Å². The zero-order valence-electron chi connectivity index (χ0n) is 21.0. The van der Waals surface area contributed by atoms with Crippen molar-refractivity contribution in [3.8, 4) is 28.2 Å². The Morgan fingerprint density at radius 3 is 2.41 bits per heavy atom. The number of nitrogens with zero attached hydrogens (tertiary/aromatic N) is 1. The Morgan fingerprint density at radius 2 is 1.72 bits per heavy atom. The molecule has 1 fully saturated rings. The van der Waals surface area contributed by atoms with Gasteiger partial charge in [0.25, 0.3) is 11.8 Å². The first-order chi connectivity index (χ1) is 18.9. The fourth-order valence-corrected chi connectivity index (χ4v) is 4.83. The Labute approximate surface area is 223 Å². The number of phenolic OH excluding ortho intramolecular Hbond substituents is 1. The Bertz CT molecular complexity index is 1720. The van der Waals surface area contributed by atoms with Crippen LogP contribution >= 0.6 is 0 Å². The molecule has 39 heavy (non-hydrogen) atoms. The predicted octanol–water partition coefficient (Wildman–Crippen LogP) is 5.79. The average molecular weight is 522 g/mol. The summed E-state index contributed by atoms with van der Waals surface area (Å²) in [5, 5.41) is 17.0. The zero-order chi connectivity index (χ0) is 27.1. The van der Waals surface area contributed by atoms with E-state index in [0.29, 0.717) is 44.5 Å². The lowest BCUT2D eigenvalue weighted by molar-refractivity contribution is 0.0928. The van der Waals surface area contributed by atoms with E-state index in [2.05, 4.69) is 15.6 Å². The van der Waals surface area contributed by atoms with E-state index in [1.54, 1.807) is 48.7 Å². The first-order valence-corrected chi connectivity index (χ1v) is 12.5. The average Bonchev–Trinajstić information content (AvgIpc) is 3.65. The highest BCUT2D eigenvalue weighted by atomic mass is 19.1. The minimum atomic E-state index is -0.481. The van der Waals surface area contributed by atoms with E-state index >= 15 is 0 Å². The maximum Gasteiger partial charge on any atom is 0.255 e. The van der Waals surface area contributed by atoms with Crippen LogP contribution in [0.3, 0.4) is 0 Å². The highest BCUT2D eigenvalue weighted by Crippen LogP contribution is 2.45. The molecular formula is C31H24FN3O4. The number of nitrogens with one attached hydrogen (secondary N) is 2. The van der Waals surface area contributed by atoms with Crippen LogP contribution in [0, 0.1) is 5.82 Å². The lowest BCUT2D eigenvalue weighted by Gasteiger charge is -2.17. The summed E-state index contributed by atoms with van der Waals surface area (Å²) in [5.74, 6) is -0.741. The quantitative estimate of drug-likeness (QED) is 0.263. The summed E-state index contributed by atoms with van der Waals surface area (Å²) in [5.41, 5.74) is 3.05. The number of phenols is 1. The summed E-state index contributed by atoms with van der Waals surface area (Å²) >= 11 is 0. The summed E-state index contributed by atoms with van der Waals surface area (Å²) in [4.78, 5) is 30.6. The molecule has 5 aromatic rings. The number of fused-ring (bicyclic) bond motifs is 1. The van der Waals surface area contributed by atoms with Crippen molar-refractivity contribution in [3.63, 3.8) is 0 Å². The van der Waals surface area contributed by atoms with Crippen LogP contribution in [-0.4, -0.2) is 29.0 Å². The molecule has 0 spiro atoms. The lowest BCUT2D eigenvalue weighted by Crippen LogP contribution is -2.35. The molecule has 0 radical (unpaired) electrons. The number of hydrogen-bond donors (Lipinski definition) is 3. The minimum Gasteiger partial charge on any atom is -0.507 e. The number of carbonyl (C=O) groups excluding carboxylic acids is 2. The van der Waals surface area contributed by atoms with Crippen LogP contribution in [0.15, 0.2) is 89.5 Å². The minimum absolute atomic E-state index is 0.0134. The molecule has 8 heteroatoms. The van der Waals surface area contributed by atoms with E-state index in [0.717, 1.165) is 18.5 Å². The van der Waals surface area contributed by atoms with Crippen molar-refractivity contribution in [3.05, 3.63) is 108 Å². The van der Waals surface area contributed by atoms with Crippen molar-refractivity contribution in [2.24, 2.45) is 0 Å². The smallest absolute Gasteiger partial charge is 0.255 e. The monoisotopic (exact) mass is 521 g/mol. The second kappa shape index (κ2) is 9.40. The maximum absolute atomic E-state index is 13.5. The van der Waals surface area contributed by atoms with Crippen LogP contribution in [0.5, 0.6) is 5.75 Å². The number of benzene rings is 3. The number of amides is 2. The Kier molecular flexibility index (Phi) is 5.87. The fourth-order valence-electron chi connectivity index (χ4n) is 4.83. The van der Waals surface area contributed by atoms with Gasteiger partial charge >= 0.3 is 0 Å². The van der Waals surface area contributed by atoms with Gasteiger partial charge in [-0.05, 0) is 85.1 Å². The van der Waals surface area contributed by atoms with Gasteiger partial charge in [-0.2, -0.15) is 0 Å². The van der Waals surface area contributed by atoms with Crippen LogP contribution in [-0.2, 0) is 5.54 Å². The van der Waals surface area contributed by atoms with Crippen LogP contribution in [0.4, 0.5) is 4.39 Å². The van der Waals surface area contributed by atoms with E-state index in [1.165, 1.54) is 25.2 Å². The van der Waals surface area contributed by atoms with Crippen molar-refractivity contribution < 1.29 is 23.5 Å². The third kappa shape index (κ3) is 4.40. The number of halogens is 1. The summed E-state index contributed by atoms with van der Waals surface area (Å²) in [6, 6.07) is 21.2. The standard InChI is InChI=1S/C31H24FN3O4/c1-33-30(38)27-23-16-19(8-12-25(23)39-28(27)18-5-9-21(32)10-6-18)22-17-20(7-11-24(22)36)29(37)35-31(13-14-31)26-4-2-3-15-34-26/h2-12,15-17,36H,13-14H2,1H3,(H,33,38)(H,35,37). The van der Waals surface area contributed by atoms with Gasteiger partial charge in [0, 0.05) is 35.3 Å². The number of carbonyl (C=O) groups is 2. The zero-order valence-corrected chi connectivity index (χ0v) is 21.0. The molecule has 2 heterocycles. The molecule has 6 rings (SSSR count). The molecule has 7 nitrogen and oxygen atoms in total. The largest absolute Gasteiger partial charge is 0.507 e. The van der Waals surface area contributed by atoms with Crippen LogP contribution in [0.2, 0.25) is 0 Å². The molecule has 0 atom stereocenters. The molecule has 0 saturated heterocycles. The van der Waals surface area contributed by atoms with Gasteiger partial charge in [0.05, 0.1) is 16.8 Å². The van der Waals surface area contributed by atoms with E-state index in [9.17, 15) is 19.1 Å². The maximum atomic E-state index is 13.5. The van der Waals surface area contributed by atoms with Crippen molar-refractivity contribution in [2.75, 3.05) is 7.05 Å². The van der Waals surface area contributed by atoms with E-state index in [-0.39, 0.29) is 17.6 Å². The highest BCUT2D eigenvalue weighted by Gasteiger charge is 2.47. The molecule has 0 unspecified atom stereocenters. The number of rotatable bonds is 6. The predicted molar refractivity (Wildman–Crippen MR) is 145 cm³/mol. The number of aromatic hydroxyl groups is 1. The fraction of sp³-hybridized carbons (Fsp3) is 0.129. The van der Waals surface area contributed by atoms with Crippen LogP contribution in [0.1, 0.15) is 39.3 Å². The van der Waals surface area contributed by atoms with Crippen molar-refractivity contribution in [2.45, 2.75) is 18.4 Å². The second-order valence-corrected chi connectivity index (χ2v) is 9.59. The third-order valence-electron chi connectivity index (χ3n) is 7.08. The summed E-state index contributed by atoms with van der Waals surface area (Å²) < 4.78 is 19.5. The van der Waals surface area contributed by atoms with Crippen molar-refractivity contribution >= 4 is 22.8 Å². The van der Waals surface area contributed by atoms with Gasteiger partial charge in [-0.25, -0.2) is 4.39 Å². The Hall–Kier alpha value is -4.98. The molecule has 0 aliphatic heterocycles. The number of pyridine rings is 1. The summed E-state index contributed by atoms with van der Waals surface area (Å²) in [6.07, 6.45) is 3.31. The molecule has 2 amide bonds. The molecule has 194 valence electrons. The molecule has 2 aromatic heterocycles. The molecule has 1 aliphatic rings. The molecule has 1 aliphatic carbocycles. The number of furan rings is 1. The van der Waals surface area contributed by atoms with Gasteiger partial charge in [-0.1, -0.05) is 12.1 Å².